The molecular weight excluding hydrogens is 415 g/mol. The Morgan fingerprint density at radius 2 is 2.15 bits per heavy atom. The van der Waals surface area contributed by atoms with Gasteiger partial charge in [-0.05, 0) is 19.3 Å². The van der Waals surface area contributed by atoms with Gasteiger partial charge in [0.25, 0.3) is 0 Å². The molecule has 0 amide bonds. The Hall–Kier alpha value is -2.86. The van der Waals surface area contributed by atoms with E-state index in [-0.39, 0.29) is 0 Å². The van der Waals surface area contributed by atoms with E-state index >= 15 is 0 Å². The van der Waals surface area contributed by atoms with E-state index in [9.17, 15) is 0 Å². The van der Waals surface area contributed by atoms with Gasteiger partial charge in [-0.3, -0.25) is 0 Å². The molecule has 0 saturated carbocycles. The van der Waals surface area contributed by atoms with Gasteiger partial charge in [0.2, 0.25) is 0 Å². The van der Waals surface area contributed by atoms with Crippen LogP contribution in [0, 0.1) is 6.26 Å². The molecule has 0 aliphatic heterocycles. The van der Waals surface area contributed by atoms with Crippen LogP contribution in [-0.2, 0) is 4.74 Å². The average molecular weight is 424 g/mol. The van der Waals surface area contributed by atoms with Gasteiger partial charge in [-0.2, -0.15) is 11.5 Å². The van der Waals surface area contributed by atoms with Crippen LogP contribution in [0.2, 0.25) is 0 Å². The third kappa shape index (κ3) is 12.4. The minimum atomic E-state index is 0. The topological polar surface area (TPSA) is 9.23 Å². The van der Waals surface area contributed by atoms with Crippen LogP contribution in [0.3, 0.4) is 0 Å². The van der Waals surface area contributed by atoms with Crippen molar-refractivity contribution in [1.29, 1.82) is 0 Å². The molecule has 0 aromatic carbocycles. The van der Waals surface area contributed by atoms with Crippen LogP contribution in [0.15, 0.2) is 54.5 Å². The fourth-order valence-electron chi connectivity index (χ4n) is 0.364. The van der Waals surface area contributed by atoms with Gasteiger partial charge < -0.3 is 4.74 Å². The minimum absolute atomic E-state index is 0. The molecule has 1 nitrogen and oxygen atoms in total. The maximum absolute atomic E-state index is 4.74. The number of hydrogen-bond donors (Lipinski definition) is 0. The monoisotopic (exact) mass is 424 g/mol. The molecule has 0 saturated heterocycles. The normalized spacial score (nSPS) is 6.77. The zero-order valence-corrected chi connectivity index (χ0v) is 13.9. The molecule has 0 fully saturated rings. The predicted molar refractivity (Wildman–Crippen MR) is 48.0 cm³/mol. The molecule has 0 radical (unpaired) electrons. The Balaban J connectivity index is 0. The Bertz CT molecular complexity index is 303. The van der Waals surface area contributed by atoms with E-state index in [1.807, 2.05) is 0 Å². The zero-order valence-electron chi connectivity index (χ0n) is 7.47. The second-order valence-corrected chi connectivity index (χ2v) is 1.67. The van der Waals surface area contributed by atoms with Crippen LogP contribution < -0.4 is 0 Å². The molecular formula is C11H9ORf-. The maximum atomic E-state index is 4.74. The van der Waals surface area contributed by atoms with Crippen molar-refractivity contribution in [3.8, 4) is 0 Å². The molecule has 0 rings (SSSR count). The molecule has 62 valence electrons. The third-order valence-electron chi connectivity index (χ3n) is 0.790. The van der Waals surface area contributed by atoms with Crippen LogP contribution >= 0.6 is 0 Å². The van der Waals surface area contributed by atoms with E-state index in [1.54, 1.807) is 12.2 Å². The number of rotatable bonds is 4. The maximum Gasteiger partial charge on any atom is 0.0508 e. The van der Waals surface area contributed by atoms with Gasteiger partial charge >= 0.3 is 0 Å². The molecule has 0 heterocycles. The first-order chi connectivity index (χ1) is 5.91. The van der Waals surface area contributed by atoms with E-state index in [1.165, 1.54) is 6.26 Å². The summed E-state index contributed by atoms with van der Waals surface area (Å²) in [6, 6.07) is 0. The number of hydrogen-bond acceptors (Lipinski definition) is 1. The number of allylic oxidation sites excluding steroid dienone is 2. The molecule has 0 aromatic rings. The quantitative estimate of drug-likeness (QED) is 0.292. The fraction of sp³-hybridized carbons (Fsp3) is 0.0909. The van der Waals surface area contributed by atoms with Gasteiger partial charge in [0.1, 0.15) is 0 Å². The molecule has 0 spiro atoms. The fourth-order valence-corrected chi connectivity index (χ4v) is 0.364. The SMILES string of the molecule is C=C=C=C=C=[C-]OC=CCC=C.[Rf]. The second-order valence-electron chi connectivity index (χ2n) is 1.67. The van der Waals surface area contributed by atoms with Crippen LogP contribution in [-0.4, -0.2) is 0 Å². The second kappa shape index (κ2) is 11.9. The van der Waals surface area contributed by atoms with Gasteiger partial charge in [0, 0.05) is 0 Å². The molecule has 0 aliphatic carbocycles. The van der Waals surface area contributed by atoms with E-state index in [4.69, 9.17) is 4.74 Å². The first kappa shape index (κ1) is 12.8. The minimum Gasteiger partial charge on any atom is -0.578 e. The summed E-state index contributed by atoms with van der Waals surface area (Å²) >= 11 is 0. The summed E-state index contributed by atoms with van der Waals surface area (Å²) < 4.78 is 4.74. The first-order valence-corrected chi connectivity index (χ1v) is 3.35. The van der Waals surface area contributed by atoms with Crippen molar-refractivity contribution in [2.75, 3.05) is 0 Å². The third-order valence-corrected chi connectivity index (χ3v) is 0.790. The van der Waals surface area contributed by atoms with Crippen molar-refractivity contribution in [1.82, 2.24) is 0 Å². The predicted octanol–water partition coefficient (Wildman–Crippen LogP) is 2.66. The van der Waals surface area contributed by atoms with Gasteiger partial charge in [-0.25, -0.2) is 0 Å². The number of ether oxygens (including phenoxy) is 1. The largest absolute Gasteiger partial charge is 0.578 e. The molecule has 13 heavy (non-hydrogen) atoms. The standard InChI is InChI=1S/C11H9O.Rf/c1-3-5-7-9-11-12-10-8-6-4-2;/h4,8,10H,1-2,6H2;/q-1;. The van der Waals surface area contributed by atoms with E-state index in [0.29, 0.717) is 0 Å². The molecule has 0 bridgehead atoms. The van der Waals surface area contributed by atoms with Crippen LogP contribution in [0.5, 0.6) is 0 Å². The van der Waals surface area contributed by atoms with E-state index < -0.39 is 0 Å². The Morgan fingerprint density at radius 1 is 1.38 bits per heavy atom. The molecule has 0 aliphatic rings. The Kier molecular flexibility index (Phi) is 11.7. The molecule has 2 heteroatoms. The summed E-state index contributed by atoms with van der Waals surface area (Å²) in [6.45, 7) is 6.83. The van der Waals surface area contributed by atoms with Gasteiger partial charge in [-0.15, -0.1) is 12.7 Å². The first-order valence-electron chi connectivity index (χ1n) is 3.35. The summed E-state index contributed by atoms with van der Waals surface area (Å²) in [6.07, 6.45) is 8.20. The van der Waals surface area contributed by atoms with Crippen molar-refractivity contribution in [3.05, 3.63) is 60.8 Å². The summed E-state index contributed by atoms with van der Waals surface area (Å²) in [4.78, 5) is 0. The van der Waals surface area contributed by atoms with Crippen LogP contribution in [0.1, 0.15) is 6.42 Å². The molecule has 0 unspecified atom stereocenters. The molecule has 0 N–H and O–H groups in total. The zero-order chi connectivity index (χ0) is 9.07. The van der Waals surface area contributed by atoms with Gasteiger partial charge in [0.15, 0.2) is 0 Å². The van der Waals surface area contributed by atoms with Gasteiger partial charge in [0.05, 0.1) is 6.26 Å². The van der Waals surface area contributed by atoms with Crippen LogP contribution in [0.25, 0.3) is 0 Å². The summed E-state index contributed by atoms with van der Waals surface area (Å²) in [5.74, 6) is 0. The van der Waals surface area contributed by atoms with Crippen molar-refractivity contribution in [2.24, 2.45) is 0 Å². The summed E-state index contributed by atoms with van der Waals surface area (Å²) in [5.41, 5.74) is 9.74. The van der Waals surface area contributed by atoms with E-state index in [2.05, 4.69) is 42.3 Å². The average Bonchev–Trinajstić information content (AvgIpc) is 2.10. The Morgan fingerprint density at radius 3 is 2.77 bits per heavy atom. The molecule has 0 aromatic heterocycles. The summed E-state index contributed by atoms with van der Waals surface area (Å²) in [7, 11) is 0. The van der Waals surface area contributed by atoms with Crippen molar-refractivity contribution < 1.29 is 4.74 Å². The van der Waals surface area contributed by atoms with Crippen molar-refractivity contribution >= 4 is 0 Å². The van der Waals surface area contributed by atoms with Crippen LogP contribution in [0.4, 0.5) is 0 Å². The van der Waals surface area contributed by atoms with Crippen molar-refractivity contribution in [3.63, 3.8) is 0 Å². The van der Waals surface area contributed by atoms with Crippen molar-refractivity contribution in [2.45, 2.75) is 6.42 Å². The van der Waals surface area contributed by atoms with E-state index in [0.717, 1.165) is 6.42 Å². The summed E-state index contributed by atoms with van der Waals surface area (Å²) in [5, 5.41) is 0. The van der Waals surface area contributed by atoms with Gasteiger partial charge in [-0.1, -0.05) is 17.5 Å². The smallest absolute Gasteiger partial charge is 0.0508 e. The Labute approximate surface area is 72.7 Å². The molecule has 0 atom stereocenters.